The number of anilines is 1. The number of nitrogens with one attached hydrogen (secondary N) is 1. The molecule has 8 nitrogen and oxygen atoms in total. The Labute approximate surface area is 183 Å². The van der Waals surface area contributed by atoms with Gasteiger partial charge in [0, 0.05) is 11.1 Å². The van der Waals surface area contributed by atoms with Gasteiger partial charge in [-0.05, 0) is 42.5 Å². The predicted octanol–water partition coefficient (Wildman–Crippen LogP) is 2.73. The molecule has 0 atom stereocenters. The Bertz CT molecular complexity index is 1440. The molecule has 1 heterocycles. The van der Waals surface area contributed by atoms with Crippen LogP contribution in [0.3, 0.4) is 0 Å². The number of fused-ring (bicyclic) bond motifs is 2. The minimum absolute atomic E-state index is 0.0360. The maximum Gasteiger partial charge on any atom is 0.338 e. The Hall–Kier alpha value is -4.29. The number of esters is 1. The number of amides is 1. The van der Waals surface area contributed by atoms with E-state index in [1.54, 1.807) is 18.2 Å². The molecule has 3 aromatic rings. The third kappa shape index (κ3) is 3.64. The second-order valence-corrected chi connectivity index (χ2v) is 8.71. The average Bonchev–Trinajstić information content (AvgIpc) is 2.81. The van der Waals surface area contributed by atoms with E-state index >= 15 is 0 Å². The van der Waals surface area contributed by atoms with Crippen LogP contribution >= 0.6 is 0 Å². The van der Waals surface area contributed by atoms with Crippen LogP contribution in [0.15, 0.2) is 76.5 Å². The Morgan fingerprint density at radius 2 is 1.62 bits per heavy atom. The van der Waals surface area contributed by atoms with Gasteiger partial charge in [0.05, 0.1) is 26.6 Å². The number of rotatable bonds is 4. The lowest BCUT2D eigenvalue weighted by Gasteiger charge is -2.19. The highest BCUT2D eigenvalue weighted by Gasteiger charge is 2.35. The number of ketones is 1. The number of nitriles is 1. The number of hydrogen-bond acceptors (Lipinski definition) is 7. The quantitative estimate of drug-likeness (QED) is 0.477. The maximum absolute atomic E-state index is 13.0. The first-order chi connectivity index (χ1) is 15.3. The summed E-state index contributed by atoms with van der Waals surface area (Å²) in [6, 6.07) is 17.7. The van der Waals surface area contributed by atoms with Crippen molar-refractivity contribution >= 4 is 33.2 Å². The largest absolute Gasteiger partial charge is 0.452 e. The lowest BCUT2D eigenvalue weighted by Crippen LogP contribution is -2.23. The predicted molar refractivity (Wildman–Crippen MR) is 112 cm³/mol. The number of carbonyl (C=O) groups excluding carboxylic acids is 3. The summed E-state index contributed by atoms with van der Waals surface area (Å²) in [4.78, 5) is 36.8. The highest BCUT2D eigenvalue weighted by Crippen LogP contribution is 2.34. The van der Waals surface area contributed by atoms with Crippen LogP contribution in [0, 0.1) is 11.3 Å². The molecule has 0 aliphatic carbocycles. The lowest BCUT2D eigenvalue weighted by molar-refractivity contribution is -0.119. The Balaban J connectivity index is 1.53. The fraction of sp³-hybridized carbons (Fsp3) is 0.0435. The number of nitrogens with zero attached hydrogens (tertiary/aromatic N) is 1. The van der Waals surface area contributed by atoms with Gasteiger partial charge in [0.25, 0.3) is 5.91 Å². The minimum atomic E-state index is -4.01. The summed E-state index contributed by atoms with van der Waals surface area (Å²) in [5.41, 5.74) is 0.436. The van der Waals surface area contributed by atoms with Crippen LogP contribution in [0.4, 0.5) is 5.69 Å². The van der Waals surface area contributed by atoms with Crippen molar-refractivity contribution in [1.29, 1.82) is 5.26 Å². The zero-order valence-electron chi connectivity index (χ0n) is 16.4. The number of hydrogen-bond donors (Lipinski definition) is 1. The van der Waals surface area contributed by atoms with E-state index < -0.39 is 34.1 Å². The highest BCUT2D eigenvalue weighted by molar-refractivity contribution is 7.91. The van der Waals surface area contributed by atoms with Gasteiger partial charge in [-0.15, -0.1) is 0 Å². The molecule has 0 saturated heterocycles. The third-order valence-electron chi connectivity index (χ3n) is 4.83. The van der Waals surface area contributed by atoms with E-state index in [1.165, 1.54) is 42.5 Å². The van der Waals surface area contributed by atoms with Gasteiger partial charge < -0.3 is 10.1 Å². The minimum Gasteiger partial charge on any atom is -0.452 e. The van der Waals surface area contributed by atoms with Crippen molar-refractivity contribution in [3.8, 4) is 6.07 Å². The van der Waals surface area contributed by atoms with Crippen molar-refractivity contribution in [2.45, 2.75) is 9.79 Å². The second-order valence-electron chi connectivity index (χ2n) is 6.82. The number of sulfone groups is 1. The fourth-order valence-corrected chi connectivity index (χ4v) is 4.98. The third-order valence-corrected chi connectivity index (χ3v) is 6.68. The summed E-state index contributed by atoms with van der Waals surface area (Å²) in [5, 5.41) is 11.5. The number of benzene rings is 3. The van der Waals surface area contributed by atoms with Gasteiger partial charge in [-0.2, -0.15) is 5.26 Å². The van der Waals surface area contributed by atoms with E-state index in [0.29, 0.717) is 0 Å². The molecule has 32 heavy (non-hydrogen) atoms. The van der Waals surface area contributed by atoms with Crippen LogP contribution in [0.25, 0.3) is 0 Å². The molecule has 1 aliphatic heterocycles. The van der Waals surface area contributed by atoms with Gasteiger partial charge in [0.2, 0.25) is 9.84 Å². The summed E-state index contributed by atoms with van der Waals surface area (Å²) >= 11 is 0. The smallest absolute Gasteiger partial charge is 0.338 e. The molecule has 0 bridgehead atoms. The first-order valence-electron chi connectivity index (χ1n) is 9.32. The van der Waals surface area contributed by atoms with E-state index in [1.807, 2.05) is 6.07 Å². The lowest BCUT2D eigenvalue weighted by atomic mass is 10.0. The van der Waals surface area contributed by atoms with Gasteiger partial charge in [-0.25, -0.2) is 13.2 Å². The number of carbonyl (C=O) groups is 3. The normalized spacial score (nSPS) is 13.3. The van der Waals surface area contributed by atoms with Crippen molar-refractivity contribution in [3.63, 3.8) is 0 Å². The molecule has 0 fully saturated rings. The number of para-hydroxylation sites is 1. The summed E-state index contributed by atoms with van der Waals surface area (Å²) in [6.45, 7) is -0.649. The first-order valence-corrected chi connectivity index (χ1v) is 10.8. The molecule has 158 valence electrons. The van der Waals surface area contributed by atoms with Crippen LogP contribution in [0.5, 0.6) is 0 Å². The molecule has 9 heteroatoms. The van der Waals surface area contributed by atoms with E-state index in [4.69, 9.17) is 10.00 Å². The molecule has 0 aromatic heterocycles. The van der Waals surface area contributed by atoms with E-state index in [9.17, 15) is 22.8 Å². The Morgan fingerprint density at radius 1 is 0.938 bits per heavy atom. The highest BCUT2D eigenvalue weighted by atomic mass is 32.2. The van der Waals surface area contributed by atoms with Gasteiger partial charge in [-0.1, -0.05) is 24.3 Å². The second kappa shape index (κ2) is 8.09. The van der Waals surface area contributed by atoms with E-state index in [2.05, 4.69) is 5.32 Å². The molecule has 1 amide bonds. The Morgan fingerprint density at radius 3 is 2.41 bits per heavy atom. The SMILES string of the molecule is N#Cc1ccccc1NC(=O)COC(=O)c1ccc2c(c1)S(=O)(=O)c1ccccc1C2=O. The molecule has 1 N–H and O–H groups in total. The molecule has 0 spiro atoms. The molecule has 0 saturated carbocycles. The molecular weight excluding hydrogens is 432 g/mol. The monoisotopic (exact) mass is 446 g/mol. The van der Waals surface area contributed by atoms with Crippen LogP contribution in [-0.4, -0.2) is 32.7 Å². The molecular formula is C23H14N2O6S. The zero-order chi connectivity index (χ0) is 22.9. The summed E-state index contributed by atoms with van der Waals surface area (Å²) in [7, 11) is -4.01. The van der Waals surface area contributed by atoms with Gasteiger partial charge in [-0.3, -0.25) is 9.59 Å². The van der Waals surface area contributed by atoms with Gasteiger partial charge >= 0.3 is 5.97 Å². The molecule has 3 aromatic carbocycles. The van der Waals surface area contributed by atoms with Crippen molar-refractivity contribution in [3.05, 3.63) is 89.0 Å². The number of ether oxygens (including phenoxy) is 1. The maximum atomic E-state index is 13.0. The van der Waals surface area contributed by atoms with E-state index in [-0.39, 0.29) is 37.7 Å². The molecule has 0 radical (unpaired) electrons. The Kier molecular flexibility index (Phi) is 5.30. The molecule has 0 unspecified atom stereocenters. The van der Waals surface area contributed by atoms with Crippen molar-refractivity contribution < 1.29 is 27.5 Å². The van der Waals surface area contributed by atoms with Crippen molar-refractivity contribution in [2.24, 2.45) is 0 Å². The molecule has 4 rings (SSSR count). The fourth-order valence-electron chi connectivity index (χ4n) is 3.30. The zero-order valence-corrected chi connectivity index (χ0v) is 17.2. The topological polar surface area (TPSA) is 130 Å². The molecule has 1 aliphatic rings. The van der Waals surface area contributed by atoms with E-state index in [0.717, 1.165) is 6.07 Å². The standard InChI is InChI=1S/C23H14N2O6S/c24-12-15-5-1-3-7-18(15)25-21(26)13-31-23(28)14-9-10-17-20(11-14)32(29,30)19-8-4-2-6-16(19)22(17)27/h1-11H,13H2,(H,25,26). The van der Waals surface area contributed by atoms with Gasteiger partial charge in [0.1, 0.15) is 6.07 Å². The van der Waals surface area contributed by atoms with Crippen LogP contribution in [-0.2, 0) is 19.4 Å². The average molecular weight is 446 g/mol. The van der Waals surface area contributed by atoms with Crippen molar-refractivity contribution in [1.82, 2.24) is 0 Å². The summed E-state index contributed by atoms with van der Waals surface area (Å²) in [6.07, 6.45) is 0. The summed E-state index contributed by atoms with van der Waals surface area (Å²) in [5.74, 6) is -2.06. The summed E-state index contributed by atoms with van der Waals surface area (Å²) < 4.78 is 30.9. The van der Waals surface area contributed by atoms with Crippen LogP contribution in [0.1, 0.15) is 31.8 Å². The first kappa shape index (κ1) is 21.0. The van der Waals surface area contributed by atoms with Gasteiger partial charge in [0.15, 0.2) is 12.4 Å². The van der Waals surface area contributed by atoms with Crippen molar-refractivity contribution in [2.75, 3.05) is 11.9 Å². The van der Waals surface area contributed by atoms with Crippen LogP contribution < -0.4 is 5.32 Å². The van der Waals surface area contributed by atoms with Crippen LogP contribution in [0.2, 0.25) is 0 Å².